The minimum atomic E-state index is -0.565. The zero-order valence-corrected chi connectivity index (χ0v) is 10.00. The standard InChI is InChI=1S/C9H14N2O3S/c1-9(2,3)14-8(12)11-6-5-10(4)7(11)15-13/h5-6H,1-4H3. The maximum Gasteiger partial charge on any atom is 0.420 e. The average molecular weight is 230 g/mol. The Morgan fingerprint density at radius 2 is 2.00 bits per heavy atom. The summed E-state index contributed by atoms with van der Waals surface area (Å²) in [6.07, 6.45) is 2.60. The van der Waals surface area contributed by atoms with Crippen molar-refractivity contribution in [1.29, 1.82) is 0 Å². The predicted molar refractivity (Wildman–Crippen MR) is 56.4 cm³/mol. The molecule has 0 saturated carbocycles. The number of aryl methyl sites for hydroxylation is 1. The van der Waals surface area contributed by atoms with E-state index in [4.69, 9.17) is 4.74 Å². The molecule has 15 heavy (non-hydrogen) atoms. The largest absolute Gasteiger partial charge is 0.443 e. The summed E-state index contributed by atoms with van der Waals surface area (Å²) in [5.74, 6) is 0. The van der Waals surface area contributed by atoms with Crippen LogP contribution in [0.15, 0.2) is 12.4 Å². The van der Waals surface area contributed by atoms with E-state index < -0.39 is 11.7 Å². The van der Waals surface area contributed by atoms with E-state index in [0.717, 1.165) is 0 Å². The van der Waals surface area contributed by atoms with Crippen LogP contribution in [0.1, 0.15) is 20.8 Å². The topological polar surface area (TPSA) is 53.2 Å². The predicted octanol–water partition coefficient (Wildman–Crippen LogP) is 1.35. The molecule has 0 unspecified atom stereocenters. The summed E-state index contributed by atoms with van der Waals surface area (Å²) in [5, 5.41) is 0. The molecule has 0 saturated heterocycles. The van der Waals surface area contributed by atoms with Crippen LogP contribution in [0.4, 0.5) is 4.79 Å². The van der Waals surface area contributed by atoms with Crippen LogP contribution in [0.3, 0.4) is 0 Å². The van der Waals surface area contributed by atoms with Gasteiger partial charge in [0, 0.05) is 19.4 Å². The fourth-order valence-corrected chi connectivity index (χ4v) is 1.41. The number of carbonyl (C=O) groups excluding carboxylic acids is 1. The molecule has 1 rings (SSSR count). The van der Waals surface area contributed by atoms with Gasteiger partial charge in [-0.2, -0.15) is 0 Å². The fraction of sp³-hybridized carbons (Fsp3) is 0.556. The normalized spacial score (nSPS) is 11.2. The van der Waals surface area contributed by atoms with Crippen molar-refractivity contribution in [3.05, 3.63) is 17.2 Å². The summed E-state index contributed by atoms with van der Waals surface area (Å²) in [6, 6.07) is 0. The first kappa shape index (κ1) is 11.8. The molecule has 5 nitrogen and oxygen atoms in total. The van der Waals surface area contributed by atoms with Crippen molar-refractivity contribution in [2.45, 2.75) is 26.4 Å². The van der Waals surface area contributed by atoms with Gasteiger partial charge in [0.15, 0.2) is 0 Å². The van der Waals surface area contributed by atoms with Crippen LogP contribution in [0.2, 0.25) is 0 Å². The number of nitrogens with zero attached hydrogens (tertiary/aromatic N) is 2. The molecular formula is C9H14N2O3S. The molecule has 0 N–H and O–H groups in total. The molecule has 0 aliphatic rings. The summed E-state index contributed by atoms with van der Waals surface area (Å²) in [4.78, 5) is 11.6. The van der Waals surface area contributed by atoms with Gasteiger partial charge in [-0.15, -0.1) is 0 Å². The number of hydrogen-bond donors (Lipinski definition) is 0. The van der Waals surface area contributed by atoms with E-state index in [2.05, 4.69) is 0 Å². The average Bonchev–Trinajstić information content (AvgIpc) is 2.43. The van der Waals surface area contributed by atoms with E-state index in [-0.39, 0.29) is 11.3 Å². The molecule has 0 aliphatic carbocycles. The third-order valence-electron chi connectivity index (χ3n) is 1.61. The Kier molecular flexibility index (Phi) is 3.18. The number of carbonyl (C=O) groups is 1. The van der Waals surface area contributed by atoms with Crippen molar-refractivity contribution >= 4 is 17.3 Å². The molecule has 0 amide bonds. The summed E-state index contributed by atoms with van der Waals surface area (Å²) in [7, 11) is 1.70. The molecule has 0 fully saturated rings. The van der Waals surface area contributed by atoms with Crippen LogP contribution in [0.25, 0.3) is 0 Å². The van der Waals surface area contributed by atoms with E-state index >= 15 is 0 Å². The van der Waals surface area contributed by atoms with Crippen LogP contribution < -0.4 is 0 Å². The molecule has 1 aromatic heterocycles. The Bertz CT molecular complexity index is 460. The molecule has 0 aliphatic heterocycles. The fourth-order valence-electron chi connectivity index (χ4n) is 1.01. The lowest BCUT2D eigenvalue weighted by atomic mass is 10.2. The number of aromatic nitrogens is 2. The zero-order chi connectivity index (χ0) is 11.6. The lowest BCUT2D eigenvalue weighted by Gasteiger charge is -2.19. The highest BCUT2D eigenvalue weighted by atomic mass is 32.1. The van der Waals surface area contributed by atoms with Gasteiger partial charge in [0.2, 0.25) is 4.77 Å². The van der Waals surface area contributed by atoms with Crippen LogP contribution in [-0.2, 0) is 23.0 Å². The van der Waals surface area contributed by atoms with Gasteiger partial charge in [-0.05, 0) is 20.8 Å². The van der Waals surface area contributed by atoms with Gasteiger partial charge >= 0.3 is 6.09 Å². The third kappa shape index (κ3) is 2.82. The second-order valence-corrected chi connectivity index (χ2v) is 4.66. The summed E-state index contributed by atoms with van der Waals surface area (Å²) < 4.78 is 19.0. The first-order chi connectivity index (χ1) is 6.85. The highest BCUT2D eigenvalue weighted by Crippen LogP contribution is 2.09. The quantitative estimate of drug-likeness (QED) is 0.632. The molecular weight excluding hydrogens is 216 g/mol. The minimum Gasteiger partial charge on any atom is -0.443 e. The number of ether oxygens (including phenoxy) is 1. The Balaban J connectivity index is 3.09. The van der Waals surface area contributed by atoms with E-state index in [1.54, 1.807) is 38.6 Å². The SMILES string of the molecule is Cn1ccn(C(=O)OC(C)(C)C)c1=S=O. The number of rotatable bonds is 0. The number of hydrogen-bond acceptors (Lipinski definition) is 3. The van der Waals surface area contributed by atoms with Gasteiger partial charge in [0.1, 0.15) is 16.9 Å². The van der Waals surface area contributed by atoms with Crippen molar-refractivity contribution in [2.75, 3.05) is 0 Å². The Morgan fingerprint density at radius 1 is 1.40 bits per heavy atom. The molecule has 84 valence electrons. The van der Waals surface area contributed by atoms with Gasteiger partial charge in [0.05, 0.1) is 0 Å². The molecule has 0 atom stereocenters. The summed E-state index contributed by atoms with van der Waals surface area (Å²) >= 11 is 0.258. The zero-order valence-electron chi connectivity index (χ0n) is 9.18. The van der Waals surface area contributed by atoms with E-state index in [1.807, 2.05) is 0 Å². The van der Waals surface area contributed by atoms with Crippen LogP contribution in [-0.4, -0.2) is 25.0 Å². The Hall–Kier alpha value is -1.30. The molecule has 0 radical (unpaired) electrons. The van der Waals surface area contributed by atoms with Gasteiger partial charge in [-0.3, -0.25) is 0 Å². The van der Waals surface area contributed by atoms with Crippen LogP contribution in [0.5, 0.6) is 0 Å². The van der Waals surface area contributed by atoms with Crippen molar-refractivity contribution in [3.63, 3.8) is 0 Å². The highest BCUT2D eigenvalue weighted by Gasteiger charge is 2.18. The minimum absolute atomic E-state index is 0.258. The van der Waals surface area contributed by atoms with E-state index in [0.29, 0.717) is 4.77 Å². The molecule has 6 heteroatoms. The highest BCUT2D eigenvalue weighted by molar-refractivity contribution is 7.56. The van der Waals surface area contributed by atoms with Gasteiger partial charge < -0.3 is 9.30 Å². The summed E-state index contributed by atoms with van der Waals surface area (Å²) in [5.41, 5.74) is -0.565. The second kappa shape index (κ2) is 4.06. The molecule has 1 aromatic rings. The van der Waals surface area contributed by atoms with Crippen molar-refractivity contribution < 1.29 is 13.7 Å². The molecule has 1 heterocycles. The summed E-state index contributed by atoms with van der Waals surface area (Å²) in [6.45, 7) is 5.33. The maximum absolute atomic E-state index is 11.6. The van der Waals surface area contributed by atoms with Gasteiger partial charge in [-0.1, -0.05) is 0 Å². The Labute approximate surface area is 91.4 Å². The van der Waals surface area contributed by atoms with Crippen molar-refractivity contribution in [2.24, 2.45) is 7.05 Å². The van der Waals surface area contributed by atoms with Crippen molar-refractivity contribution in [1.82, 2.24) is 9.13 Å². The lowest BCUT2D eigenvalue weighted by Crippen LogP contribution is -2.27. The first-order valence-electron chi connectivity index (χ1n) is 4.45. The smallest absolute Gasteiger partial charge is 0.420 e. The third-order valence-corrected chi connectivity index (χ3v) is 2.25. The maximum atomic E-state index is 11.6. The second-order valence-electron chi connectivity index (χ2n) is 4.13. The van der Waals surface area contributed by atoms with Gasteiger partial charge in [0.25, 0.3) is 0 Å². The van der Waals surface area contributed by atoms with Gasteiger partial charge in [-0.25, -0.2) is 13.6 Å². The van der Waals surface area contributed by atoms with E-state index in [9.17, 15) is 9.00 Å². The first-order valence-corrected chi connectivity index (χ1v) is 5.19. The lowest BCUT2D eigenvalue weighted by molar-refractivity contribution is 0.0533. The number of imidazole rings is 1. The molecule has 0 spiro atoms. The monoisotopic (exact) mass is 230 g/mol. The van der Waals surface area contributed by atoms with E-state index in [1.165, 1.54) is 10.8 Å². The van der Waals surface area contributed by atoms with Crippen LogP contribution in [0, 0.1) is 4.77 Å². The molecule has 0 aromatic carbocycles. The van der Waals surface area contributed by atoms with Crippen molar-refractivity contribution in [3.8, 4) is 0 Å². The van der Waals surface area contributed by atoms with Crippen LogP contribution >= 0.6 is 0 Å². The molecule has 0 bridgehead atoms. The Morgan fingerprint density at radius 3 is 2.47 bits per heavy atom.